The summed E-state index contributed by atoms with van der Waals surface area (Å²) in [5.41, 5.74) is 10.9. The first-order valence-electron chi connectivity index (χ1n) is 12.8. The summed E-state index contributed by atoms with van der Waals surface area (Å²) in [4.78, 5) is 29.1. The van der Waals surface area contributed by atoms with Crippen molar-refractivity contribution in [3.05, 3.63) is 72.4 Å². The minimum atomic E-state index is -0.201. The van der Waals surface area contributed by atoms with Gasteiger partial charge in [0.25, 0.3) is 5.91 Å². The zero-order valence-corrected chi connectivity index (χ0v) is 22.4. The summed E-state index contributed by atoms with van der Waals surface area (Å²) in [6, 6.07) is 12.1. The monoisotopic (exact) mass is 527 g/mol. The predicted molar refractivity (Wildman–Crippen MR) is 152 cm³/mol. The van der Waals surface area contributed by atoms with Gasteiger partial charge in [0.15, 0.2) is 5.76 Å². The van der Waals surface area contributed by atoms with Gasteiger partial charge in [0.2, 0.25) is 5.91 Å². The maximum atomic E-state index is 13.0. The van der Waals surface area contributed by atoms with Crippen LogP contribution in [0, 0.1) is 0 Å². The van der Waals surface area contributed by atoms with Gasteiger partial charge in [-0.25, -0.2) is 5.84 Å². The van der Waals surface area contributed by atoms with Gasteiger partial charge in [-0.05, 0) is 47.4 Å². The van der Waals surface area contributed by atoms with Crippen molar-refractivity contribution in [2.75, 3.05) is 33.7 Å². The highest BCUT2D eigenvalue weighted by Gasteiger charge is 2.23. The van der Waals surface area contributed by atoms with Crippen LogP contribution in [0.25, 0.3) is 38.6 Å². The number of hydrogen-bond acceptors (Lipinski definition) is 7. The van der Waals surface area contributed by atoms with Crippen LogP contribution in [-0.2, 0) is 11.8 Å². The van der Waals surface area contributed by atoms with Gasteiger partial charge in [0, 0.05) is 75.9 Å². The van der Waals surface area contributed by atoms with Crippen LogP contribution in [0.5, 0.6) is 0 Å². The number of amides is 2. The van der Waals surface area contributed by atoms with E-state index in [4.69, 9.17) is 16.0 Å². The fraction of sp³-hybridized carbons (Fsp3) is 0.276. The molecule has 4 N–H and O–H groups in total. The summed E-state index contributed by atoms with van der Waals surface area (Å²) in [5.74, 6) is 5.94. The fourth-order valence-corrected chi connectivity index (χ4v) is 4.92. The van der Waals surface area contributed by atoms with Crippen LogP contribution < -0.4 is 11.6 Å². The second-order valence-electron chi connectivity index (χ2n) is 9.96. The summed E-state index contributed by atoms with van der Waals surface area (Å²) in [7, 11) is 5.31. The van der Waals surface area contributed by atoms with Crippen molar-refractivity contribution in [1.29, 1.82) is 0 Å². The van der Waals surface area contributed by atoms with E-state index in [-0.39, 0.29) is 17.6 Å². The summed E-state index contributed by atoms with van der Waals surface area (Å²) in [6.45, 7) is 1.52. The van der Waals surface area contributed by atoms with Crippen molar-refractivity contribution in [2.24, 2.45) is 18.6 Å². The lowest BCUT2D eigenvalue weighted by atomic mass is 9.94. The van der Waals surface area contributed by atoms with Crippen LogP contribution in [0.1, 0.15) is 29.0 Å². The van der Waals surface area contributed by atoms with E-state index in [2.05, 4.69) is 23.3 Å². The summed E-state index contributed by atoms with van der Waals surface area (Å²) < 4.78 is 7.98. The quantitative estimate of drug-likeness (QED) is 0.279. The zero-order valence-electron chi connectivity index (χ0n) is 22.4. The van der Waals surface area contributed by atoms with E-state index in [1.807, 2.05) is 41.0 Å². The molecule has 0 fully saturated rings. The number of rotatable bonds is 7. The number of aryl methyl sites for hydroxylation is 1. The number of fused-ring (bicyclic) bond motifs is 2. The smallest absolute Gasteiger partial charge is 0.289 e. The van der Waals surface area contributed by atoms with E-state index >= 15 is 0 Å². The lowest BCUT2D eigenvalue weighted by Crippen LogP contribution is -2.38. The third kappa shape index (κ3) is 5.23. The maximum Gasteiger partial charge on any atom is 0.289 e. The van der Waals surface area contributed by atoms with Crippen LogP contribution >= 0.6 is 0 Å². The lowest BCUT2D eigenvalue weighted by Gasteiger charge is -2.28. The SMILES string of the molecule is CN(C)C(=O)c1cc2cc(C3=CCCN(C(=O)CCN(N)/C=C\N)C3)cc(-c3ccc4cnn(C)c4c3)c2o1. The molecule has 0 spiro atoms. The van der Waals surface area contributed by atoms with Crippen LogP contribution in [0.4, 0.5) is 0 Å². The average molecular weight is 528 g/mol. The Hall–Kier alpha value is -4.57. The van der Waals surface area contributed by atoms with Gasteiger partial charge in [0.05, 0.1) is 11.7 Å². The van der Waals surface area contributed by atoms with Crippen LogP contribution in [-0.4, -0.2) is 70.1 Å². The van der Waals surface area contributed by atoms with Crippen LogP contribution in [0.3, 0.4) is 0 Å². The molecule has 10 nitrogen and oxygen atoms in total. The molecular weight excluding hydrogens is 494 g/mol. The highest BCUT2D eigenvalue weighted by molar-refractivity contribution is 6.02. The molecule has 0 atom stereocenters. The molecule has 4 aromatic rings. The second kappa shape index (κ2) is 10.7. The Kier molecular flexibility index (Phi) is 7.12. The standard InChI is InChI=1S/C29H33N7O3/c1-33(2)29(38)26-16-23-13-22(21-5-4-10-35(18-21)27(37)8-11-36(31)12-9-30)14-24(28(23)39-26)19-6-7-20-17-32-34(3)25(20)15-19/h5-7,9,12-17H,4,8,10-11,18,30-31H2,1-3H3/b12-9-. The molecule has 39 heavy (non-hydrogen) atoms. The molecule has 5 rings (SSSR count). The van der Waals surface area contributed by atoms with Gasteiger partial charge >= 0.3 is 0 Å². The molecule has 10 heteroatoms. The molecule has 1 aliphatic heterocycles. The van der Waals surface area contributed by atoms with Gasteiger partial charge in [-0.3, -0.25) is 14.3 Å². The van der Waals surface area contributed by atoms with Crippen molar-refractivity contribution in [2.45, 2.75) is 12.8 Å². The fourth-order valence-electron chi connectivity index (χ4n) is 4.92. The van der Waals surface area contributed by atoms with Gasteiger partial charge in [-0.2, -0.15) is 5.10 Å². The highest BCUT2D eigenvalue weighted by atomic mass is 16.3. The van der Waals surface area contributed by atoms with Crippen molar-refractivity contribution in [3.8, 4) is 11.1 Å². The Morgan fingerprint density at radius 2 is 1.95 bits per heavy atom. The molecule has 0 unspecified atom stereocenters. The third-order valence-corrected chi connectivity index (χ3v) is 7.03. The van der Waals surface area contributed by atoms with E-state index in [0.717, 1.165) is 45.0 Å². The van der Waals surface area contributed by atoms with Crippen LogP contribution in [0.2, 0.25) is 0 Å². The lowest BCUT2D eigenvalue weighted by molar-refractivity contribution is -0.130. The first kappa shape index (κ1) is 26.1. The Bertz CT molecular complexity index is 1610. The Morgan fingerprint density at radius 3 is 2.72 bits per heavy atom. The first-order valence-corrected chi connectivity index (χ1v) is 12.8. The van der Waals surface area contributed by atoms with Crippen molar-refractivity contribution < 1.29 is 14.0 Å². The van der Waals surface area contributed by atoms with Gasteiger partial charge < -0.3 is 25.0 Å². The Morgan fingerprint density at radius 1 is 1.13 bits per heavy atom. The molecule has 1 aliphatic rings. The minimum Gasteiger partial charge on any atom is -0.450 e. The molecule has 2 aromatic carbocycles. The van der Waals surface area contributed by atoms with Crippen molar-refractivity contribution in [1.82, 2.24) is 24.6 Å². The molecule has 2 aromatic heterocycles. The molecule has 0 aliphatic carbocycles. The Labute approximate surface area is 226 Å². The molecule has 2 amide bonds. The summed E-state index contributed by atoms with van der Waals surface area (Å²) in [5, 5.41) is 7.64. The number of furan rings is 1. The number of benzene rings is 2. The second-order valence-corrected chi connectivity index (χ2v) is 9.96. The number of nitrogens with zero attached hydrogens (tertiary/aromatic N) is 5. The van der Waals surface area contributed by atoms with Gasteiger partial charge in [0.1, 0.15) is 5.58 Å². The number of hydrogen-bond donors (Lipinski definition) is 2. The largest absolute Gasteiger partial charge is 0.450 e. The number of aromatic nitrogens is 2. The van der Waals surface area contributed by atoms with Gasteiger partial charge in [-0.15, -0.1) is 0 Å². The molecule has 0 radical (unpaired) electrons. The molecule has 0 bridgehead atoms. The van der Waals surface area contributed by atoms with Crippen LogP contribution in [0.15, 0.2) is 65.5 Å². The molecule has 202 valence electrons. The minimum absolute atomic E-state index is 0.0339. The zero-order chi connectivity index (χ0) is 27.7. The molecule has 0 saturated carbocycles. The number of carbonyl (C=O) groups is 2. The summed E-state index contributed by atoms with van der Waals surface area (Å²) in [6.07, 6.45) is 7.94. The topological polar surface area (TPSA) is 127 Å². The molecule has 3 heterocycles. The third-order valence-electron chi connectivity index (χ3n) is 7.03. The average Bonchev–Trinajstić information content (AvgIpc) is 3.54. The molecular formula is C29H33N7O3. The molecule has 0 saturated heterocycles. The van der Waals surface area contributed by atoms with Gasteiger partial charge in [-0.1, -0.05) is 18.2 Å². The predicted octanol–water partition coefficient (Wildman–Crippen LogP) is 3.30. The number of nitrogens with two attached hydrogens (primary N) is 2. The van der Waals surface area contributed by atoms with Crippen molar-refractivity contribution in [3.63, 3.8) is 0 Å². The van der Waals surface area contributed by atoms with E-state index in [1.54, 1.807) is 20.2 Å². The van der Waals surface area contributed by atoms with E-state index < -0.39 is 0 Å². The summed E-state index contributed by atoms with van der Waals surface area (Å²) >= 11 is 0. The Balaban J connectivity index is 1.53. The van der Waals surface area contributed by atoms with Crippen molar-refractivity contribution >= 4 is 39.3 Å². The van der Waals surface area contributed by atoms with E-state index in [9.17, 15) is 9.59 Å². The van der Waals surface area contributed by atoms with E-state index in [1.165, 1.54) is 22.3 Å². The maximum absolute atomic E-state index is 13.0. The number of hydrazine groups is 1. The number of carbonyl (C=O) groups excluding carboxylic acids is 2. The highest BCUT2D eigenvalue weighted by Crippen LogP contribution is 2.37. The first-order chi connectivity index (χ1) is 18.7. The normalized spacial score (nSPS) is 13.8. The van der Waals surface area contributed by atoms with E-state index in [0.29, 0.717) is 31.6 Å².